The molecule has 0 bridgehead atoms. The number of pyridine rings is 1. The molecule has 0 saturated carbocycles. The molecule has 5 heteroatoms. The van der Waals surface area contributed by atoms with Crippen molar-refractivity contribution >= 4 is 28.5 Å². The fourth-order valence-corrected chi connectivity index (χ4v) is 3.36. The molecule has 4 nitrogen and oxygen atoms in total. The molecule has 0 radical (unpaired) electrons. The van der Waals surface area contributed by atoms with Gasteiger partial charge in [-0.1, -0.05) is 35.9 Å². The Hall–Kier alpha value is -2.98. The van der Waals surface area contributed by atoms with Gasteiger partial charge in [-0.05, 0) is 53.6 Å². The average molecular weight is 378 g/mol. The first-order chi connectivity index (χ1) is 13.1. The zero-order valence-corrected chi connectivity index (χ0v) is 16.0. The van der Waals surface area contributed by atoms with E-state index in [1.807, 2.05) is 55.6 Å². The van der Waals surface area contributed by atoms with E-state index in [1.54, 1.807) is 7.11 Å². The molecule has 2 aromatic heterocycles. The number of ether oxygens (including phenoxy) is 1. The highest BCUT2D eigenvalue weighted by Gasteiger charge is 2.10. The lowest BCUT2D eigenvalue weighted by Gasteiger charge is -2.07. The van der Waals surface area contributed by atoms with Crippen LogP contribution in [0.5, 0.6) is 5.75 Å². The Kier molecular flexibility index (Phi) is 4.73. The second-order valence-electron chi connectivity index (χ2n) is 6.40. The molecular weight excluding hydrogens is 358 g/mol. The van der Waals surface area contributed by atoms with Gasteiger partial charge in [-0.25, -0.2) is 4.98 Å². The van der Waals surface area contributed by atoms with Crippen LogP contribution in [0.3, 0.4) is 0 Å². The first-order valence-corrected chi connectivity index (χ1v) is 9.11. The minimum absolute atomic E-state index is 0.705. The smallest absolute Gasteiger partial charge is 0.127 e. The molecule has 27 heavy (non-hydrogen) atoms. The maximum absolute atomic E-state index is 6.15. The molecule has 0 aliphatic carbocycles. The molecule has 2 aromatic carbocycles. The normalized spacial score (nSPS) is 10.9. The van der Waals surface area contributed by atoms with Crippen molar-refractivity contribution in [2.45, 2.75) is 6.54 Å². The van der Waals surface area contributed by atoms with E-state index in [2.05, 4.69) is 28.1 Å². The Labute approximate surface area is 163 Å². The minimum atomic E-state index is 0.705. The van der Waals surface area contributed by atoms with Crippen LogP contribution in [0, 0.1) is 0 Å². The summed E-state index contributed by atoms with van der Waals surface area (Å²) in [6.07, 6.45) is 0. The van der Waals surface area contributed by atoms with Gasteiger partial charge in [-0.15, -0.1) is 0 Å². The van der Waals surface area contributed by atoms with Gasteiger partial charge in [0.05, 0.1) is 23.8 Å². The van der Waals surface area contributed by atoms with E-state index in [0.717, 1.165) is 38.9 Å². The molecule has 0 spiro atoms. The lowest BCUT2D eigenvalue weighted by atomic mass is 10.1. The van der Waals surface area contributed by atoms with Crippen molar-refractivity contribution in [3.63, 3.8) is 0 Å². The number of fused-ring (bicyclic) bond motifs is 1. The molecule has 0 aliphatic heterocycles. The summed E-state index contributed by atoms with van der Waals surface area (Å²) in [6.45, 7) is 0.705. The van der Waals surface area contributed by atoms with E-state index < -0.39 is 0 Å². The van der Waals surface area contributed by atoms with Crippen molar-refractivity contribution in [2.75, 3.05) is 12.4 Å². The molecule has 0 saturated heterocycles. The maximum atomic E-state index is 6.15. The summed E-state index contributed by atoms with van der Waals surface area (Å²) >= 11 is 6.15. The second-order valence-corrected chi connectivity index (χ2v) is 6.84. The van der Waals surface area contributed by atoms with Crippen LogP contribution in [-0.2, 0) is 13.6 Å². The largest absolute Gasteiger partial charge is 0.497 e. The molecule has 4 rings (SSSR count). The summed E-state index contributed by atoms with van der Waals surface area (Å²) in [5.41, 5.74) is 5.38. The number of benzene rings is 2. The third-order valence-corrected chi connectivity index (χ3v) is 4.89. The van der Waals surface area contributed by atoms with Crippen LogP contribution in [0.1, 0.15) is 5.56 Å². The molecule has 0 atom stereocenters. The van der Waals surface area contributed by atoms with Crippen LogP contribution in [0.15, 0.2) is 66.7 Å². The van der Waals surface area contributed by atoms with Gasteiger partial charge in [0.1, 0.15) is 11.6 Å². The maximum Gasteiger partial charge on any atom is 0.127 e. The molecule has 0 aliphatic rings. The molecule has 0 amide bonds. The number of anilines is 1. The zero-order valence-electron chi connectivity index (χ0n) is 15.2. The lowest BCUT2D eigenvalue weighted by Crippen LogP contribution is -2.01. The first-order valence-electron chi connectivity index (χ1n) is 8.73. The fourth-order valence-electron chi connectivity index (χ4n) is 3.17. The quantitative estimate of drug-likeness (QED) is 0.498. The van der Waals surface area contributed by atoms with Crippen molar-refractivity contribution in [3.8, 4) is 17.0 Å². The Bertz CT molecular complexity index is 1090. The predicted octanol–water partition coefficient (Wildman–Crippen LogP) is 5.51. The highest BCUT2D eigenvalue weighted by atomic mass is 35.5. The first kappa shape index (κ1) is 17.4. The Morgan fingerprint density at radius 2 is 1.85 bits per heavy atom. The van der Waals surface area contributed by atoms with Crippen molar-refractivity contribution < 1.29 is 4.74 Å². The molecule has 2 heterocycles. The van der Waals surface area contributed by atoms with E-state index in [9.17, 15) is 0 Å². The number of rotatable bonds is 5. The standard InChI is InChI=1S/C22H20ClN3O/c1-26-20-10-11-22(24-14-15-6-8-18(27-2)9-7-15)25-19(20)13-21(26)16-4-3-5-17(23)12-16/h3-13H,14H2,1-2H3,(H,24,25). The van der Waals surface area contributed by atoms with Crippen molar-refractivity contribution in [1.82, 2.24) is 9.55 Å². The van der Waals surface area contributed by atoms with Crippen LogP contribution in [-0.4, -0.2) is 16.7 Å². The number of hydrogen-bond donors (Lipinski definition) is 1. The summed E-state index contributed by atoms with van der Waals surface area (Å²) in [5.74, 6) is 1.71. The number of aryl methyl sites for hydroxylation is 1. The number of nitrogens with one attached hydrogen (secondary N) is 1. The third kappa shape index (κ3) is 3.62. The fraction of sp³-hybridized carbons (Fsp3) is 0.136. The van der Waals surface area contributed by atoms with Gasteiger partial charge >= 0.3 is 0 Å². The second kappa shape index (κ2) is 7.33. The van der Waals surface area contributed by atoms with Gasteiger partial charge in [0.15, 0.2) is 0 Å². The highest BCUT2D eigenvalue weighted by Crippen LogP contribution is 2.28. The van der Waals surface area contributed by atoms with Crippen LogP contribution in [0.25, 0.3) is 22.3 Å². The predicted molar refractivity (Wildman–Crippen MR) is 111 cm³/mol. The van der Waals surface area contributed by atoms with Crippen molar-refractivity contribution in [2.24, 2.45) is 7.05 Å². The summed E-state index contributed by atoms with van der Waals surface area (Å²) in [5, 5.41) is 4.12. The number of methoxy groups -OCH3 is 1. The zero-order chi connectivity index (χ0) is 18.8. The molecule has 4 aromatic rings. The van der Waals surface area contributed by atoms with E-state index in [0.29, 0.717) is 6.54 Å². The van der Waals surface area contributed by atoms with Gasteiger partial charge in [-0.2, -0.15) is 0 Å². The van der Waals surface area contributed by atoms with Crippen LogP contribution in [0.2, 0.25) is 5.02 Å². The summed E-state index contributed by atoms with van der Waals surface area (Å²) in [7, 11) is 3.72. The summed E-state index contributed by atoms with van der Waals surface area (Å²) in [6, 6.07) is 22.1. The van der Waals surface area contributed by atoms with Gasteiger partial charge in [0.2, 0.25) is 0 Å². The number of nitrogens with zero attached hydrogens (tertiary/aromatic N) is 2. The molecule has 1 N–H and O–H groups in total. The summed E-state index contributed by atoms with van der Waals surface area (Å²) in [4.78, 5) is 4.76. The van der Waals surface area contributed by atoms with E-state index >= 15 is 0 Å². The van der Waals surface area contributed by atoms with Crippen LogP contribution >= 0.6 is 11.6 Å². The molecular formula is C22H20ClN3O. The summed E-state index contributed by atoms with van der Waals surface area (Å²) < 4.78 is 7.33. The Morgan fingerprint density at radius 3 is 2.59 bits per heavy atom. The van der Waals surface area contributed by atoms with E-state index in [1.165, 1.54) is 5.56 Å². The average Bonchev–Trinajstić information content (AvgIpc) is 3.03. The van der Waals surface area contributed by atoms with Crippen LogP contribution in [0.4, 0.5) is 5.82 Å². The third-order valence-electron chi connectivity index (χ3n) is 4.65. The van der Waals surface area contributed by atoms with Crippen molar-refractivity contribution in [3.05, 3.63) is 77.3 Å². The Balaban J connectivity index is 1.58. The van der Waals surface area contributed by atoms with Gasteiger partial charge in [0, 0.05) is 18.6 Å². The minimum Gasteiger partial charge on any atom is -0.497 e. The number of aromatic nitrogens is 2. The molecule has 0 fully saturated rings. The highest BCUT2D eigenvalue weighted by molar-refractivity contribution is 6.30. The SMILES string of the molecule is COc1ccc(CNc2ccc3c(cc(-c4cccc(Cl)c4)n3C)n2)cc1. The monoisotopic (exact) mass is 377 g/mol. The van der Waals surface area contributed by atoms with Crippen LogP contribution < -0.4 is 10.1 Å². The number of hydrogen-bond acceptors (Lipinski definition) is 3. The molecule has 136 valence electrons. The van der Waals surface area contributed by atoms with Crippen molar-refractivity contribution in [1.29, 1.82) is 0 Å². The van der Waals surface area contributed by atoms with E-state index in [-0.39, 0.29) is 0 Å². The topological polar surface area (TPSA) is 39.1 Å². The molecule has 0 unspecified atom stereocenters. The van der Waals surface area contributed by atoms with Gasteiger partial charge in [-0.3, -0.25) is 0 Å². The Morgan fingerprint density at radius 1 is 1.04 bits per heavy atom. The lowest BCUT2D eigenvalue weighted by molar-refractivity contribution is 0.414. The van der Waals surface area contributed by atoms with E-state index in [4.69, 9.17) is 21.3 Å². The van der Waals surface area contributed by atoms with Gasteiger partial charge in [0.25, 0.3) is 0 Å². The van der Waals surface area contributed by atoms with Gasteiger partial charge < -0.3 is 14.6 Å². The number of halogens is 1.